The minimum atomic E-state index is -3.79. The second-order valence-corrected chi connectivity index (χ2v) is 9.69. The molecule has 1 amide bonds. The lowest BCUT2D eigenvalue weighted by molar-refractivity contribution is -0.113. The Bertz CT molecular complexity index is 1230. The number of nitrogens with two attached hydrogens (primary N) is 1. The van der Waals surface area contributed by atoms with E-state index in [1.54, 1.807) is 28.8 Å². The van der Waals surface area contributed by atoms with Gasteiger partial charge in [0, 0.05) is 16.7 Å². The third-order valence-corrected chi connectivity index (χ3v) is 6.42. The number of thioether (sulfide) groups is 1. The molecule has 0 unspecified atom stereocenters. The molecule has 3 aromatic rings. The lowest BCUT2D eigenvalue weighted by Crippen LogP contribution is -2.15. The van der Waals surface area contributed by atoms with Crippen molar-refractivity contribution >= 4 is 49.3 Å². The number of amides is 1. The Morgan fingerprint density at radius 3 is 2.61 bits per heavy atom. The fraction of sp³-hybridized carbons (Fsp3) is 0.105. The van der Waals surface area contributed by atoms with Gasteiger partial charge in [0.1, 0.15) is 5.75 Å². The van der Waals surface area contributed by atoms with Crippen LogP contribution in [0.25, 0.3) is 11.4 Å². The maximum absolute atomic E-state index is 12.3. The highest BCUT2D eigenvalue weighted by molar-refractivity contribution is 9.10. The number of anilines is 1. The molecule has 4 N–H and O–H groups in total. The average molecular weight is 524 g/mol. The first-order valence-electron chi connectivity index (χ1n) is 8.77. The van der Waals surface area contributed by atoms with E-state index in [2.05, 4.69) is 38.0 Å². The quantitative estimate of drug-likeness (QED) is 0.304. The van der Waals surface area contributed by atoms with Crippen LogP contribution in [0.2, 0.25) is 0 Å². The number of sulfonamides is 1. The topological polar surface area (TPSA) is 140 Å². The van der Waals surface area contributed by atoms with Gasteiger partial charge >= 0.3 is 0 Å². The first-order chi connectivity index (χ1) is 14.7. The highest BCUT2D eigenvalue weighted by Gasteiger charge is 2.18. The first kappa shape index (κ1) is 23.0. The van der Waals surface area contributed by atoms with E-state index in [0.717, 1.165) is 4.47 Å². The Kier molecular flexibility index (Phi) is 7.15. The minimum absolute atomic E-state index is 0.0384. The van der Waals surface area contributed by atoms with Gasteiger partial charge in [-0.05, 0) is 42.5 Å². The summed E-state index contributed by atoms with van der Waals surface area (Å²) in [6.45, 7) is 4.12. The molecule has 2 aromatic carbocycles. The molecular weight excluding hydrogens is 506 g/mol. The van der Waals surface area contributed by atoms with Gasteiger partial charge in [-0.25, -0.2) is 13.6 Å². The summed E-state index contributed by atoms with van der Waals surface area (Å²) in [6.07, 6.45) is 1.67. The van der Waals surface area contributed by atoms with Crippen molar-refractivity contribution in [3.63, 3.8) is 0 Å². The molecule has 3 rings (SSSR count). The standard InChI is InChI=1S/C19H18BrN5O4S2/c1-2-9-25-18(15-10-12(20)3-8-16(15)26)23-24-19(25)30-11-17(27)22-13-4-6-14(7-5-13)31(21,28)29/h2-8,10,26H,1,9,11H2,(H,22,27)(H2,21,28,29). The van der Waals surface area contributed by atoms with Crippen LogP contribution in [0.3, 0.4) is 0 Å². The molecule has 0 fully saturated rings. The molecule has 0 aliphatic heterocycles. The number of hydrogen-bond donors (Lipinski definition) is 3. The van der Waals surface area contributed by atoms with E-state index >= 15 is 0 Å². The van der Waals surface area contributed by atoms with Crippen molar-refractivity contribution in [3.8, 4) is 17.1 Å². The number of halogens is 1. The zero-order valence-corrected chi connectivity index (χ0v) is 19.2. The number of allylic oxidation sites excluding steroid dienone is 1. The number of rotatable bonds is 8. The van der Waals surface area contributed by atoms with Gasteiger partial charge in [0.2, 0.25) is 15.9 Å². The average Bonchev–Trinajstić information content (AvgIpc) is 3.11. The van der Waals surface area contributed by atoms with E-state index in [1.165, 1.54) is 36.0 Å². The van der Waals surface area contributed by atoms with E-state index in [1.807, 2.05) is 0 Å². The van der Waals surface area contributed by atoms with Crippen LogP contribution < -0.4 is 10.5 Å². The van der Waals surface area contributed by atoms with Crippen LogP contribution >= 0.6 is 27.7 Å². The maximum atomic E-state index is 12.3. The van der Waals surface area contributed by atoms with E-state index in [-0.39, 0.29) is 22.3 Å². The summed E-state index contributed by atoms with van der Waals surface area (Å²) in [4.78, 5) is 12.3. The van der Waals surface area contributed by atoms with Crippen LogP contribution in [-0.4, -0.2) is 39.9 Å². The van der Waals surface area contributed by atoms with Gasteiger partial charge < -0.3 is 10.4 Å². The molecule has 1 heterocycles. The second-order valence-electron chi connectivity index (χ2n) is 6.27. The minimum Gasteiger partial charge on any atom is -0.507 e. The lowest BCUT2D eigenvalue weighted by Gasteiger charge is -2.09. The highest BCUT2D eigenvalue weighted by Crippen LogP contribution is 2.32. The number of primary sulfonamides is 1. The van der Waals surface area contributed by atoms with Crippen molar-refractivity contribution < 1.29 is 18.3 Å². The van der Waals surface area contributed by atoms with Crippen molar-refractivity contribution in [2.75, 3.05) is 11.1 Å². The monoisotopic (exact) mass is 523 g/mol. The molecule has 0 aliphatic carbocycles. The maximum Gasteiger partial charge on any atom is 0.238 e. The molecule has 162 valence electrons. The van der Waals surface area contributed by atoms with Crippen molar-refractivity contribution in [2.45, 2.75) is 16.6 Å². The van der Waals surface area contributed by atoms with Gasteiger partial charge in [-0.1, -0.05) is 33.8 Å². The number of carbonyl (C=O) groups is 1. The normalized spacial score (nSPS) is 11.3. The predicted molar refractivity (Wildman–Crippen MR) is 122 cm³/mol. The Morgan fingerprint density at radius 1 is 1.26 bits per heavy atom. The van der Waals surface area contributed by atoms with Crippen LogP contribution in [0.4, 0.5) is 5.69 Å². The molecule has 31 heavy (non-hydrogen) atoms. The van der Waals surface area contributed by atoms with Crippen LogP contribution in [0.1, 0.15) is 0 Å². The van der Waals surface area contributed by atoms with Gasteiger partial charge in [-0.2, -0.15) is 0 Å². The second kappa shape index (κ2) is 9.64. The largest absolute Gasteiger partial charge is 0.507 e. The lowest BCUT2D eigenvalue weighted by atomic mass is 10.2. The van der Waals surface area contributed by atoms with Gasteiger partial charge in [-0.15, -0.1) is 16.8 Å². The van der Waals surface area contributed by atoms with Crippen LogP contribution in [0.5, 0.6) is 5.75 Å². The number of phenols is 1. The Labute approximate surface area is 191 Å². The Balaban J connectivity index is 1.73. The fourth-order valence-electron chi connectivity index (χ4n) is 2.63. The molecular formula is C19H18BrN5O4S2. The van der Waals surface area contributed by atoms with Gasteiger partial charge in [0.05, 0.1) is 16.2 Å². The molecule has 0 aliphatic rings. The van der Waals surface area contributed by atoms with Crippen molar-refractivity contribution in [1.29, 1.82) is 0 Å². The first-order valence-corrected chi connectivity index (χ1v) is 12.1. The van der Waals surface area contributed by atoms with Crippen LogP contribution in [0.15, 0.2) is 69.6 Å². The van der Waals surface area contributed by atoms with E-state index in [4.69, 9.17) is 5.14 Å². The predicted octanol–water partition coefficient (Wildman–Crippen LogP) is 2.98. The molecule has 0 saturated heterocycles. The summed E-state index contributed by atoms with van der Waals surface area (Å²) in [5, 5.41) is 26.7. The zero-order valence-electron chi connectivity index (χ0n) is 16.0. The van der Waals surface area contributed by atoms with Crippen molar-refractivity contribution in [2.24, 2.45) is 5.14 Å². The SMILES string of the molecule is C=CCn1c(SCC(=O)Nc2ccc(S(N)(=O)=O)cc2)nnc1-c1cc(Br)ccc1O. The molecule has 0 bridgehead atoms. The number of benzene rings is 2. The van der Waals surface area contributed by atoms with E-state index < -0.39 is 10.0 Å². The number of aromatic hydroxyl groups is 1. The summed E-state index contributed by atoms with van der Waals surface area (Å²) in [7, 11) is -3.79. The molecule has 0 radical (unpaired) electrons. The fourth-order valence-corrected chi connectivity index (χ4v) is 4.26. The van der Waals surface area contributed by atoms with Crippen LogP contribution in [-0.2, 0) is 21.4 Å². The Morgan fingerprint density at radius 2 is 1.97 bits per heavy atom. The zero-order chi connectivity index (χ0) is 22.6. The number of phenolic OH excluding ortho intramolecular Hbond substituents is 1. The molecule has 0 atom stereocenters. The molecule has 12 heteroatoms. The summed E-state index contributed by atoms with van der Waals surface area (Å²) in [6, 6.07) is 10.5. The van der Waals surface area contributed by atoms with Crippen molar-refractivity contribution in [3.05, 3.63) is 59.6 Å². The number of carbonyl (C=O) groups excluding carboxylic acids is 1. The van der Waals surface area contributed by atoms with Gasteiger partial charge in [0.25, 0.3) is 0 Å². The van der Waals surface area contributed by atoms with E-state index in [0.29, 0.717) is 28.8 Å². The third-order valence-electron chi connectivity index (χ3n) is 4.03. The Hall–Kier alpha value is -2.67. The molecule has 9 nitrogen and oxygen atoms in total. The molecule has 1 aromatic heterocycles. The smallest absolute Gasteiger partial charge is 0.238 e. The number of nitrogens with one attached hydrogen (secondary N) is 1. The summed E-state index contributed by atoms with van der Waals surface area (Å²) >= 11 is 4.54. The third kappa shape index (κ3) is 5.73. The van der Waals surface area contributed by atoms with E-state index in [9.17, 15) is 18.3 Å². The highest BCUT2D eigenvalue weighted by atomic mass is 79.9. The number of aromatic nitrogens is 3. The summed E-state index contributed by atoms with van der Waals surface area (Å²) < 4.78 is 25.1. The van der Waals surface area contributed by atoms with Gasteiger partial charge in [-0.3, -0.25) is 9.36 Å². The molecule has 0 spiro atoms. The van der Waals surface area contributed by atoms with Gasteiger partial charge in [0.15, 0.2) is 11.0 Å². The van der Waals surface area contributed by atoms with Crippen molar-refractivity contribution in [1.82, 2.24) is 14.8 Å². The van der Waals surface area contributed by atoms with Crippen LogP contribution in [0, 0.1) is 0 Å². The summed E-state index contributed by atoms with van der Waals surface area (Å²) in [5.74, 6) is 0.225. The number of nitrogens with zero attached hydrogens (tertiary/aromatic N) is 3. The number of hydrogen-bond acceptors (Lipinski definition) is 7. The summed E-state index contributed by atoms with van der Waals surface area (Å²) in [5.41, 5.74) is 0.931. The molecule has 0 saturated carbocycles.